The molecule has 0 bridgehead atoms. The van der Waals surface area contributed by atoms with E-state index in [-0.39, 0.29) is 35.1 Å². The lowest BCUT2D eigenvalue weighted by atomic mass is 9.68. The Bertz CT molecular complexity index is 462. The number of nitrogens with two attached hydrogens (primary N) is 1. The number of carbonyl (C=O) groups is 1. The Hall–Kier alpha value is -1.04. The highest BCUT2D eigenvalue weighted by molar-refractivity contribution is 6.29. The van der Waals surface area contributed by atoms with Crippen LogP contribution in [0.25, 0.3) is 0 Å². The van der Waals surface area contributed by atoms with Crippen LogP contribution in [0.5, 0.6) is 0 Å². The highest BCUT2D eigenvalue weighted by Crippen LogP contribution is 2.37. The molecule has 1 saturated carbocycles. The van der Waals surface area contributed by atoms with Gasteiger partial charge in [0.05, 0.1) is 12.1 Å². The van der Waals surface area contributed by atoms with Crippen LogP contribution >= 0.6 is 11.6 Å². The number of halogens is 1. The Morgan fingerprint density at radius 2 is 2.33 bits per heavy atom. The SMILES string of the molecule is NC1C2CCCOC2C1NC(=O)c1ccc(Cl)o1. The second kappa shape index (κ2) is 4.57. The number of amides is 1. The van der Waals surface area contributed by atoms with E-state index < -0.39 is 0 Å². The van der Waals surface area contributed by atoms with Gasteiger partial charge in [0.25, 0.3) is 5.91 Å². The van der Waals surface area contributed by atoms with Crippen LogP contribution in [0, 0.1) is 5.92 Å². The van der Waals surface area contributed by atoms with Gasteiger partial charge in [0.2, 0.25) is 0 Å². The van der Waals surface area contributed by atoms with Gasteiger partial charge in [0.15, 0.2) is 11.0 Å². The molecule has 98 valence electrons. The van der Waals surface area contributed by atoms with Crippen molar-refractivity contribution in [2.45, 2.75) is 31.0 Å². The van der Waals surface area contributed by atoms with Gasteiger partial charge in [-0.15, -0.1) is 0 Å². The van der Waals surface area contributed by atoms with E-state index >= 15 is 0 Å². The molecule has 0 spiro atoms. The molecule has 0 radical (unpaired) electrons. The molecule has 0 aromatic carbocycles. The average molecular weight is 271 g/mol. The van der Waals surface area contributed by atoms with E-state index in [1.54, 1.807) is 6.07 Å². The number of rotatable bonds is 2. The van der Waals surface area contributed by atoms with E-state index in [2.05, 4.69) is 5.32 Å². The van der Waals surface area contributed by atoms with Crippen LogP contribution in [-0.2, 0) is 4.74 Å². The third-order valence-electron chi connectivity index (χ3n) is 3.77. The van der Waals surface area contributed by atoms with Crippen molar-refractivity contribution in [1.82, 2.24) is 5.32 Å². The Balaban J connectivity index is 1.64. The van der Waals surface area contributed by atoms with Gasteiger partial charge in [-0.2, -0.15) is 0 Å². The molecule has 2 heterocycles. The maximum atomic E-state index is 11.9. The summed E-state index contributed by atoms with van der Waals surface area (Å²) in [5, 5.41) is 3.05. The summed E-state index contributed by atoms with van der Waals surface area (Å²) in [6, 6.07) is 2.91. The first-order valence-electron chi connectivity index (χ1n) is 6.10. The summed E-state index contributed by atoms with van der Waals surface area (Å²) in [4.78, 5) is 11.9. The molecule has 4 unspecified atom stereocenters. The molecule has 1 aliphatic carbocycles. The van der Waals surface area contributed by atoms with E-state index in [4.69, 9.17) is 26.5 Å². The van der Waals surface area contributed by atoms with E-state index in [0.717, 1.165) is 19.4 Å². The number of ether oxygens (including phenoxy) is 1. The molecule has 1 saturated heterocycles. The van der Waals surface area contributed by atoms with Crippen molar-refractivity contribution in [2.24, 2.45) is 11.7 Å². The number of hydrogen-bond donors (Lipinski definition) is 2. The van der Waals surface area contributed by atoms with Crippen molar-refractivity contribution in [3.05, 3.63) is 23.1 Å². The molecular formula is C12H15ClN2O3. The molecular weight excluding hydrogens is 256 g/mol. The normalized spacial score (nSPS) is 34.6. The molecule has 2 aliphatic rings. The van der Waals surface area contributed by atoms with Gasteiger partial charge in [0, 0.05) is 18.6 Å². The Kier molecular flexibility index (Phi) is 3.05. The zero-order valence-corrected chi connectivity index (χ0v) is 10.5. The van der Waals surface area contributed by atoms with E-state index in [0.29, 0.717) is 5.92 Å². The summed E-state index contributed by atoms with van der Waals surface area (Å²) < 4.78 is 10.7. The van der Waals surface area contributed by atoms with Crippen LogP contribution < -0.4 is 11.1 Å². The lowest BCUT2D eigenvalue weighted by molar-refractivity contribution is -0.117. The summed E-state index contributed by atoms with van der Waals surface area (Å²) in [6.07, 6.45) is 2.16. The smallest absolute Gasteiger partial charge is 0.287 e. The zero-order chi connectivity index (χ0) is 12.7. The number of furan rings is 1. The summed E-state index contributed by atoms with van der Waals surface area (Å²) in [6.45, 7) is 0.743. The zero-order valence-electron chi connectivity index (χ0n) is 9.77. The van der Waals surface area contributed by atoms with Crippen molar-refractivity contribution >= 4 is 17.5 Å². The molecule has 18 heavy (non-hydrogen) atoms. The Morgan fingerprint density at radius 1 is 1.50 bits per heavy atom. The molecule has 1 aromatic heterocycles. The third-order valence-corrected chi connectivity index (χ3v) is 3.97. The molecule has 1 aliphatic heterocycles. The minimum Gasteiger partial charge on any atom is -0.440 e. The van der Waals surface area contributed by atoms with Gasteiger partial charge in [-0.1, -0.05) is 0 Å². The Labute approximate surface area is 110 Å². The number of carbonyl (C=O) groups excluding carboxylic acids is 1. The predicted octanol–water partition coefficient (Wildman–Crippen LogP) is 1.17. The number of nitrogens with one attached hydrogen (secondary N) is 1. The summed E-state index contributed by atoms with van der Waals surface area (Å²) in [5.41, 5.74) is 6.06. The van der Waals surface area contributed by atoms with Crippen molar-refractivity contribution in [2.75, 3.05) is 6.61 Å². The van der Waals surface area contributed by atoms with Gasteiger partial charge in [-0.25, -0.2) is 0 Å². The minimum atomic E-state index is -0.296. The number of fused-ring (bicyclic) bond motifs is 1. The lowest BCUT2D eigenvalue weighted by Crippen LogP contribution is -2.72. The van der Waals surface area contributed by atoms with Crippen LogP contribution in [0.2, 0.25) is 5.22 Å². The molecule has 5 nitrogen and oxygen atoms in total. The second-order valence-corrected chi connectivity index (χ2v) is 5.19. The van der Waals surface area contributed by atoms with Gasteiger partial charge in [0.1, 0.15) is 0 Å². The highest BCUT2D eigenvalue weighted by atomic mass is 35.5. The first-order chi connectivity index (χ1) is 8.66. The fraction of sp³-hybridized carbons (Fsp3) is 0.583. The fourth-order valence-corrected chi connectivity index (χ4v) is 2.93. The van der Waals surface area contributed by atoms with Crippen LogP contribution in [0.15, 0.2) is 16.5 Å². The summed E-state index contributed by atoms with van der Waals surface area (Å²) in [7, 11) is 0. The van der Waals surface area contributed by atoms with Crippen molar-refractivity contribution < 1.29 is 13.9 Å². The predicted molar refractivity (Wildman–Crippen MR) is 65.4 cm³/mol. The highest BCUT2D eigenvalue weighted by Gasteiger charge is 2.51. The lowest BCUT2D eigenvalue weighted by Gasteiger charge is -2.52. The topological polar surface area (TPSA) is 77.5 Å². The molecule has 1 amide bonds. The summed E-state index contributed by atoms with van der Waals surface area (Å²) >= 11 is 5.63. The largest absolute Gasteiger partial charge is 0.440 e. The molecule has 6 heteroatoms. The van der Waals surface area contributed by atoms with E-state index in [1.807, 2.05) is 0 Å². The van der Waals surface area contributed by atoms with E-state index in [9.17, 15) is 4.79 Å². The third kappa shape index (κ3) is 1.92. The molecule has 3 N–H and O–H groups in total. The number of hydrogen-bond acceptors (Lipinski definition) is 4. The monoisotopic (exact) mass is 270 g/mol. The molecule has 1 aromatic rings. The molecule has 4 atom stereocenters. The minimum absolute atomic E-state index is 0.0373. The van der Waals surface area contributed by atoms with Gasteiger partial charge in [-0.05, 0) is 36.6 Å². The van der Waals surface area contributed by atoms with Crippen molar-refractivity contribution in [3.63, 3.8) is 0 Å². The van der Waals surface area contributed by atoms with Crippen LogP contribution in [0.3, 0.4) is 0 Å². The van der Waals surface area contributed by atoms with Gasteiger partial charge >= 0.3 is 0 Å². The van der Waals surface area contributed by atoms with Crippen LogP contribution in [0.4, 0.5) is 0 Å². The quantitative estimate of drug-likeness (QED) is 0.846. The average Bonchev–Trinajstić information content (AvgIpc) is 2.82. The maximum absolute atomic E-state index is 11.9. The maximum Gasteiger partial charge on any atom is 0.287 e. The van der Waals surface area contributed by atoms with E-state index in [1.165, 1.54) is 6.07 Å². The van der Waals surface area contributed by atoms with Crippen LogP contribution in [0.1, 0.15) is 23.4 Å². The van der Waals surface area contributed by atoms with Crippen molar-refractivity contribution in [3.8, 4) is 0 Å². The van der Waals surface area contributed by atoms with Crippen molar-refractivity contribution in [1.29, 1.82) is 0 Å². The first-order valence-corrected chi connectivity index (χ1v) is 6.48. The van der Waals surface area contributed by atoms with Gasteiger partial charge in [-0.3, -0.25) is 4.79 Å². The molecule has 2 fully saturated rings. The van der Waals surface area contributed by atoms with Crippen LogP contribution in [-0.4, -0.2) is 30.7 Å². The van der Waals surface area contributed by atoms with Gasteiger partial charge < -0.3 is 20.2 Å². The first kappa shape index (κ1) is 12.0. The summed E-state index contributed by atoms with van der Waals surface area (Å²) in [5.74, 6) is 0.269. The Morgan fingerprint density at radius 3 is 3.06 bits per heavy atom. The second-order valence-electron chi connectivity index (χ2n) is 4.82. The fourth-order valence-electron chi connectivity index (χ4n) is 2.78. The standard InChI is InChI=1S/C12H15ClN2O3/c13-8-4-3-7(18-8)12(16)15-10-9(14)6-2-1-5-17-11(6)10/h3-4,6,9-11H,1-2,5,14H2,(H,15,16). The molecule has 3 rings (SSSR count).